The van der Waals surface area contributed by atoms with E-state index in [1.165, 1.54) is 22.4 Å². The third-order valence-corrected chi connectivity index (χ3v) is 6.92. The number of hydrogen-bond donors (Lipinski definition) is 0. The Labute approximate surface area is 153 Å². The van der Waals surface area contributed by atoms with Gasteiger partial charge in [0.1, 0.15) is 0 Å². The van der Waals surface area contributed by atoms with E-state index in [9.17, 15) is 13.2 Å². The highest BCUT2D eigenvalue weighted by molar-refractivity contribution is 7.89. The summed E-state index contributed by atoms with van der Waals surface area (Å²) in [5, 5.41) is 0.0413. The summed E-state index contributed by atoms with van der Waals surface area (Å²) < 4.78 is 28.6. The SMILES string of the molecule is Cn1cnc(S(=O)(=O)N2CCC[C@@H](C(=O)N3CCc4ccccc43)C2)c1. The summed E-state index contributed by atoms with van der Waals surface area (Å²) in [7, 11) is -1.93. The molecule has 1 aromatic heterocycles. The first-order valence-corrected chi connectivity index (χ1v) is 10.3. The van der Waals surface area contributed by atoms with Gasteiger partial charge in [-0.3, -0.25) is 4.79 Å². The van der Waals surface area contributed by atoms with Crippen LogP contribution in [0.1, 0.15) is 18.4 Å². The van der Waals surface area contributed by atoms with Crippen LogP contribution in [-0.4, -0.2) is 47.8 Å². The summed E-state index contributed by atoms with van der Waals surface area (Å²) >= 11 is 0. The summed E-state index contributed by atoms with van der Waals surface area (Å²) in [6, 6.07) is 7.92. The van der Waals surface area contributed by atoms with E-state index < -0.39 is 10.0 Å². The maximum absolute atomic E-state index is 13.1. The van der Waals surface area contributed by atoms with Gasteiger partial charge in [-0.15, -0.1) is 0 Å². The molecule has 1 fully saturated rings. The van der Waals surface area contributed by atoms with Crippen molar-refractivity contribution in [2.75, 3.05) is 24.5 Å². The number of carbonyl (C=O) groups excluding carboxylic acids is 1. The van der Waals surface area contributed by atoms with E-state index in [1.54, 1.807) is 11.6 Å². The van der Waals surface area contributed by atoms with E-state index in [4.69, 9.17) is 0 Å². The van der Waals surface area contributed by atoms with Crippen molar-refractivity contribution < 1.29 is 13.2 Å². The predicted octanol–water partition coefficient (Wildman–Crippen LogP) is 1.41. The number of para-hydroxylation sites is 1. The molecule has 138 valence electrons. The Morgan fingerprint density at radius 2 is 2.04 bits per heavy atom. The molecule has 4 rings (SSSR count). The number of aromatic nitrogens is 2. The van der Waals surface area contributed by atoms with E-state index >= 15 is 0 Å². The number of benzene rings is 1. The van der Waals surface area contributed by atoms with Crippen LogP contribution < -0.4 is 4.90 Å². The van der Waals surface area contributed by atoms with Gasteiger partial charge in [-0.05, 0) is 30.9 Å². The number of aryl methyl sites for hydroxylation is 1. The van der Waals surface area contributed by atoms with Crippen LogP contribution in [0.5, 0.6) is 0 Å². The van der Waals surface area contributed by atoms with Gasteiger partial charge in [-0.1, -0.05) is 18.2 Å². The highest BCUT2D eigenvalue weighted by Crippen LogP contribution is 2.31. The molecule has 0 N–H and O–H groups in total. The molecule has 2 aliphatic rings. The zero-order valence-electron chi connectivity index (χ0n) is 14.7. The van der Waals surface area contributed by atoms with Crippen LogP contribution in [0, 0.1) is 5.92 Å². The van der Waals surface area contributed by atoms with Gasteiger partial charge in [0.25, 0.3) is 10.0 Å². The molecule has 3 heterocycles. The molecule has 7 nitrogen and oxygen atoms in total. The lowest BCUT2D eigenvalue weighted by molar-refractivity contribution is -0.123. The Balaban J connectivity index is 1.53. The zero-order chi connectivity index (χ0) is 18.3. The van der Waals surface area contributed by atoms with Crippen LogP contribution >= 0.6 is 0 Å². The average molecular weight is 374 g/mol. The fourth-order valence-corrected chi connectivity index (χ4v) is 5.29. The number of amides is 1. The second-order valence-electron chi connectivity index (χ2n) is 6.95. The monoisotopic (exact) mass is 374 g/mol. The molecule has 1 amide bonds. The summed E-state index contributed by atoms with van der Waals surface area (Å²) in [6.07, 6.45) is 5.21. The van der Waals surface area contributed by atoms with E-state index in [2.05, 4.69) is 4.98 Å². The molecule has 26 heavy (non-hydrogen) atoms. The maximum Gasteiger partial charge on any atom is 0.262 e. The van der Waals surface area contributed by atoms with Crippen LogP contribution in [-0.2, 0) is 28.3 Å². The molecule has 8 heteroatoms. The molecule has 2 aromatic rings. The van der Waals surface area contributed by atoms with E-state index in [0.29, 0.717) is 25.9 Å². The van der Waals surface area contributed by atoms with Crippen molar-refractivity contribution in [2.24, 2.45) is 13.0 Å². The van der Waals surface area contributed by atoms with E-state index in [-0.39, 0.29) is 23.4 Å². The molecule has 0 saturated carbocycles. The van der Waals surface area contributed by atoms with Gasteiger partial charge in [0.2, 0.25) is 5.91 Å². The predicted molar refractivity (Wildman–Crippen MR) is 97.2 cm³/mol. The number of anilines is 1. The van der Waals surface area contributed by atoms with Gasteiger partial charge >= 0.3 is 0 Å². The van der Waals surface area contributed by atoms with Crippen LogP contribution in [0.3, 0.4) is 0 Å². The number of hydrogen-bond acceptors (Lipinski definition) is 4. The number of nitrogens with zero attached hydrogens (tertiary/aromatic N) is 4. The molecule has 0 bridgehead atoms. The van der Waals surface area contributed by atoms with Gasteiger partial charge < -0.3 is 9.47 Å². The molecule has 0 radical (unpaired) electrons. The van der Waals surface area contributed by atoms with Gasteiger partial charge in [0.15, 0.2) is 5.03 Å². The molecule has 0 unspecified atom stereocenters. The van der Waals surface area contributed by atoms with Gasteiger partial charge in [-0.2, -0.15) is 4.31 Å². The van der Waals surface area contributed by atoms with Crippen LogP contribution in [0.4, 0.5) is 5.69 Å². The topological polar surface area (TPSA) is 75.5 Å². The second kappa shape index (κ2) is 6.51. The lowest BCUT2D eigenvalue weighted by atomic mass is 9.98. The summed E-state index contributed by atoms with van der Waals surface area (Å²) in [5.41, 5.74) is 2.14. The Morgan fingerprint density at radius 1 is 1.23 bits per heavy atom. The largest absolute Gasteiger partial charge is 0.339 e. The first kappa shape index (κ1) is 17.2. The minimum atomic E-state index is -3.66. The van der Waals surface area contributed by atoms with E-state index in [0.717, 1.165) is 12.1 Å². The Morgan fingerprint density at radius 3 is 2.81 bits per heavy atom. The zero-order valence-corrected chi connectivity index (χ0v) is 15.5. The fourth-order valence-electron chi connectivity index (χ4n) is 3.80. The van der Waals surface area contributed by atoms with Crippen molar-refractivity contribution >= 4 is 21.6 Å². The smallest absolute Gasteiger partial charge is 0.262 e. The van der Waals surface area contributed by atoms with Crippen molar-refractivity contribution in [2.45, 2.75) is 24.3 Å². The summed E-state index contributed by atoms with van der Waals surface area (Å²) in [4.78, 5) is 18.9. The molecule has 0 spiro atoms. The molecule has 0 aliphatic carbocycles. The minimum Gasteiger partial charge on any atom is -0.339 e. The number of rotatable bonds is 3. The average Bonchev–Trinajstić information content (AvgIpc) is 3.28. The van der Waals surface area contributed by atoms with Crippen molar-refractivity contribution in [1.82, 2.24) is 13.9 Å². The highest BCUT2D eigenvalue weighted by Gasteiger charge is 2.37. The molecule has 1 saturated heterocycles. The van der Waals surface area contributed by atoms with Gasteiger partial charge in [0.05, 0.1) is 12.2 Å². The van der Waals surface area contributed by atoms with Crippen LogP contribution in [0.2, 0.25) is 0 Å². The minimum absolute atomic E-state index is 0.0240. The molecule has 2 aliphatic heterocycles. The Hall–Kier alpha value is -2.19. The molecular formula is C18H22N4O3S. The number of carbonyl (C=O) groups is 1. The Kier molecular flexibility index (Phi) is 4.32. The summed E-state index contributed by atoms with van der Waals surface area (Å²) in [5.74, 6) is -0.288. The van der Waals surface area contributed by atoms with Crippen molar-refractivity contribution in [1.29, 1.82) is 0 Å². The third kappa shape index (κ3) is 2.93. The standard InChI is InChI=1S/C18H22N4O3S/c1-20-12-17(19-13-20)26(24,25)21-9-4-6-15(11-21)18(23)22-10-8-14-5-2-3-7-16(14)22/h2-3,5,7,12-13,15H,4,6,8-11H2,1H3/t15-/m1/s1. The number of imidazole rings is 1. The maximum atomic E-state index is 13.1. The number of sulfonamides is 1. The number of piperidine rings is 1. The highest BCUT2D eigenvalue weighted by atomic mass is 32.2. The normalized spacial score (nSPS) is 21.0. The first-order valence-electron chi connectivity index (χ1n) is 8.84. The van der Waals surface area contributed by atoms with Crippen LogP contribution in [0.15, 0.2) is 41.8 Å². The third-order valence-electron chi connectivity index (χ3n) is 5.17. The van der Waals surface area contributed by atoms with Crippen molar-refractivity contribution in [3.63, 3.8) is 0 Å². The molecular weight excluding hydrogens is 352 g/mol. The number of fused-ring (bicyclic) bond motifs is 1. The van der Waals surface area contributed by atoms with Crippen LogP contribution in [0.25, 0.3) is 0 Å². The molecule has 1 atom stereocenters. The van der Waals surface area contributed by atoms with Gasteiger partial charge in [-0.25, -0.2) is 13.4 Å². The Bertz CT molecular complexity index is 937. The van der Waals surface area contributed by atoms with Crippen molar-refractivity contribution in [3.05, 3.63) is 42.4 Å². The lowest BCUT2D eigenvalue weighted by Crippen LogP contribution is -2.46. The van der Waals surface area contributed by atoms with Crippen molar-refractivity contribution in [3.8, 4) is 0 Å². The first-order chi connectivity index (χ1) is 12.5. The fraction of sp³-hybridized carbons (Fsp3) is 0.444. The van der Waals surface area contributed by atoms with Gasteiger partial charge in [0, 0.05) is 38.6 Å². The summed E-state index contributed by atoms with van der Waals surface area (Å²) in [6.45, 7) is 1.32. The lowest BCUT2D eigenvalue weighted by Gasteiger charge is -2.32. The van der Waals surface area contributed by atoms with E-state index in [1.807, 2.05) is 29.2 Å². The molecule has 1 aromatic carbocycles. The second-order valence-corrected chi connectivity index (χ2v) is 8.83. The quantitative estimate of drug-likeness (QED) is 0.814.